The van der Waals surface area contributed by atoms with Crippen LogP contribution in [0.3, 0.4) is 0 Å². The summed E-state index contributed by atoms with van der Waals surface area (Å²) >= 11 is 1.50. The smallest absolute Gasteiger partial charge is 0.142 e. The van der Waals surface area contributed by atoms with E-state index in [1.165, 1.54) is 17.4 Å². The van der Waals surface area contributed by atoms with Gasteiger partial charge in [0.15, 0.2) is 0 Å². The molecule has 0 spiro atoms. The quantitative estimate of drug-likeness (QED) is 0.842. The Morgan fingerprint density at radius 1 is 1.24 bits per heavy atom. The largest absolute Gasteiger partial charge is 0.328 e. The molecule has 17 heavy (non-hydrogen) atoms. The molecular formula is C13H15FN2S. The molecule has 1 saturated carbocycles. The molecule has 1 fully saturated rings. The normalized spacial score (nSPS) is 25.3. The van der Waals surface area contributed by atoms with Crippen molar-refractivity contribution in [3.63, 3.8) is 0 Å². The molecule has 0 amide bonds. The van der Waals surface area contributed by atoms with Gasteiger partial charge >= 0.3 is 0 Å². The molecule has 0 atom stereocenters. The average Bonchev–Trinajstić information content (AvgIpc) is 2.75. The second-order valence-corrected chi connectivity index (χ2v) is 5.78. The van der Waals surface area contributed by atoms with Crippen molar-refractivity contribution in [2.45, 2.75) is 37.6 Å². The fourth-order valence-electron chi connectivity index (χ4n) is 2.47. The number of hydrogen-bond acceptors (Lipinski definition) is 3. The molecule has 2 N–H and O–H groups in total. The number of benzene rings is 1. The summed E-state index contributed by atoms with van der Waals surface area (Å²) in [6.07, 6.45) is 4.29. The van der Waals surface area contributed by atoms with Gasteiger partial charge in [-0.05, 0) is 37.8 Å². The lowest BCUT2D eigenvalue weighted by atomic mass is 9.87. The lowest BCUT2D eigenvalue weighted by Gasteiger charge is -2.24. The number of halogens is 1. The maximum absolute atomic E-state index is 13.6. The van der Waals surface area contributed by atoms with Crippen molar-refractivity contribution < 1.29 is 4.39 Å². The lowest BCUT2D eigenvalue weighted by Crippen LogP contribution is -2.25. The number of fused-ring (bicyclic) bond motifs is 1. The van der Waals surface area contributed by atoms with Crippen LogP contribution in [0.5, 0.6) is 0 Å². The highest BCUT2D eigenvalue weighted by atomic mass is 32.1. The summed E-state index contributed by atoms with van der Waals surface area (Å²) in [4.78, 5) is 4.56. The molecule has 1 aliphatic carbocycles. The Labute approximate surface area is 104 Å². The van der Waals surface area contributed by atoms with Crippen LogP contribution < -0.4 is 5.73 Å². The van der Waals surface area contributed by atoms with Gasteiger partial charge in [-0.15, -0.1) is 11.3 Å². The van der Waals surface area contributed by atoms with E-state index in [4.69, 9.17) is 5.73 Å². The van der Waals surface area contributed by atoms with Crippen LogP contribution in [0.15, 0.2) is 18.2 Å². The van der Waals surface area contributed by atoms with Gasteiger partial charge in [0.05, 0.1) is 15.2 Å². The molecule has 1 aromatic carbocycles. The average molecular weight is 250 g/mol. The van der Waals surface area contributed by atoms with Crippen LogP contribution in [0, 0.1) is 5.82 Å². The van der Waals surface area contributed by atoms with Crippen molar-refractivity contribution in [2.24, 2.45) is 5.73 Å². The number of nitrogens with two attached hydrogens (primary N) is 1. The molecule has 1 aromatic heterocycles. The van der Waals surface area contributed by atoms with E-state index in [0.29, 0.717) is 16.7 Å². The molecule has 1 heterocycles. The minimum Gasteiger partial charge on any atom is -0.328 e. The number of rotatable bonds is 1. The summed E-state index contributed by atoms with van der Waals surface area (Å²) in [6, 6.07) is 5.45. The maximum Gasteiger partial charge on any atom is 0.142 e. The fourth-order valence-corrected chi connectivity index (χ4v) is 3.61. The lowest BCUT2D eigenvalue weighted by molar-refractivity contribution is 0.395. The van der Waals surface area contributed by atoms with E-state index in [9.17, 15) is 4.39 Å². The van der Waals surface area contributed by atoms with Crippen molar-refractivity contribution in [3.8, 4) is 0 Å². The van der Waals surface area contributed by atoms with Crippen LogP contribution in [0.2, 0.25) is 0 Å². The molecule has 2 nitrogen and oxygen atoms in total. The fraction of sp³-hybridized carbons (Fsp3) is 0.462. The van der Waals surface area contributed by atoms with Gasteiger partial charge in [0.1, 0.15) is 5.82 Å². The predicted octanol–water partition coefficient (Wildman–Crippen LogP) is 3.42. The SMILES string of the molecule is NC1CCC(c2nc3cccc(F)c3s2)CC1. The minimum atomic E-state index is -0.154. The van der Waals surface area contributed by atoms with Crippen molar-refractivity contribution >= 4 is 21.6 Å². The van der Waals surface area contributed by atoms with E-state index in [1.54, 1.807) is 6.07 Å². The van der Waals surface area contributed by atoms with Crippen LogP contribution >= 0.6 is 11.3 Å². The Kier molecular flexibility index (Phi) is 2.84. The molecule has 4 heteroatoms. The van der Waals surface area contributed by atoms with E-state index in [-0.39, 0.29) is 5.82 Å². The summed E-state index contributed by atoms with van der Waals surface area (Å²) < 4.78 is 14.3. The molecule has 90 valence electrons. The van der Waals surface area contributed by atoms with Crippen molar-refractivity contribution in [3.05, 3.63) is 29.0 Å². The first-order chi connectivity index (χ1) is 8.24. The monoisotopic (exact) mass is 250 g/mol. The number of aromatic nitrogens is 1. The number of nitrogens with zero attached hydrogens (tertiary/aromatic N) is 1. The van der Waals surface area contributed by atoms with E-state index < -0.39 is 0 Å². The Bertz CT molecular complexity index is 529. The van der Waals surface area contributed by atoms with E-state index in [1.807, 2.05) is 6.07 Å². The summed E-state index contributed by atoms with van der Waals surface area (Å²) in [5.41, 5.74) is 6.69. The van der Waals surface area contributed by atoms with Crippen LogP contribution in [-0.4, -0.2) is 11.0 Å². The van der Waals surface area contributed by atoms with Crippen molar-refractivity contribution in [2.75, 3.05) is 0 Å². The molecule has 0 saturated heterocycles. The topological polar surface area (TPSA) is 38.9 Å². The van der Waals surface area contributed by atoms with E-state index in [0.717, 1.165) is 36.2 Å². The number of hydrogen-bond donors (Lipinski definition) is 1. The van der Waals surface area contributed by atoms with Crippen LogP contribution in [0.4, 0.5) is 4.39 Å². The second kappa shape index (κ2) is 4.35. The van der Waals surface area contributed by atoms with Crippen LogP contribution in [0.25, 0.3) is 10.2 Å². The van der Waals surface area contributed by atoms with Gasteiger partial charge in [-0.3, -0.25) is 0 Å². The van der Waals surface area contributed by atoms with Crippen LogP contribution in [-0.2, 0) is 0 Å². The van der Waals surface area contributed by atoms with E-state index >= 15 is 0 Å². The standard InChI is InChI=1S/C13H15FN2S/c14-10-2-1-3-11-12(10)17-13(16-11)8-4-6-9(15)7-5-8/h1-3,8-9H,4-7,15H2. The minimum absolute atomic E-state index is 0.154. The third kappa shape index (κ3) is 2.07. The summed E-state index contributed by atoms with van der Waals surface area (Å²) in [5.74, 6) is 0.324. The van der Waals surface area contributed by atoms with Gasteiger partial charge in [-0.2, -0.15) is 0 Å². The molecule has 2 aromatic rings. The predicted molar refractivity (Wildman–Crippen MR) is 68.8 cm³/mol. The molecular weight excluding hydrogens is 235 g/mol. The van der Waals surface area contributed by atoms with Gasteiger partial charge in [0.2, 0.25) is 0 Å². The first kappa shape index (κ1) is 11.1. The first-order valence-corrected chi connectivity index (χ1v) is 6.86. The highest BCUT2D eigenvalue weighted by Crippen LogP contribution is 2.37. The Balaban J connectivity index is 1.93. The van der Waals surface area contributed by atoms with Crippen molar-refractivity contribution in [1.82, 2.24) is 4.98 Å². The first-order valence-electron chi connectivity index (χ1n) is 6.04. The molecule has 3 rings (SSSR count). The van der Waals surface area contributed by atoms with Crippen LogP contribution in [0.1, 0.15) is 36.6 Å². The summed E-state index contributed by atoms with van der Waals surface area (Å²) in [6.45, 7) is 0. The van der Waals surface area contributed by atoms with Gasteiger partial charge in [-0.1, -0.05) is 6.07 Å². The molecule has 0 aliphatic heterocycles. The molecule has 1 aliphatic rings. The zero-order chi connectivity index (χ0) is 11.8. The highest BCUT2D eigenvalue weighted by Gasteiger charge is 2.23. The highest BCUT2D eigenvalue weighted by molar-refractivity contribution is 7.18. The van der Waals surface area contributed by atoms with Gasteiger partial charge in [0.25, 0.3) is 0 Å². The van der Waals surface area contributed by atoms with Gasteiger partial charge < -0.3 is 5.73 Å². The second-order valence-electron chi connectivity index (χ2n) is 4.75. The molecule has 0 unspecified atom stereocenters. The van der Waals surface area contributed by atoms with E-state index in [2.05, 4.69) is 4.98 Å². The van der Waals surface area contributed by atoms with Gasteiger partial charge in [0, 0.05) is 12.0 Å². The Hall–Kier alpha value is -1.00. The summed E-state index contributed by atoms with van der Waals surface area (Å²) in [7, 11) is 0. The maximum atomic E-state index is 13.6. The third-order valence-electron chi connectivity index (χ3n) is 3.50. The molecule has 0 bridgehead atoms. The Morgan fingerprint density at radius 2 is 2.00 bits per heavy atom. The summed E-state index contributed by atoms with van der Waals surface area (Å²) in [5, 5.41) is 1.08. The molecule has 0 radical (unpaired) electrons. The number of thiazole rings is 1. The van der Waals surface area contributed by atoms with Crippen molar-refractivity contribution in [1.29, 1.82) is 0 Å². The van der Waals surface area contributed by atoms with Gasteiger partial charge in [-0.25, -0.2) is 9.37 Å². The third-order valence-corrected chi connectivity index (χ3v) is 4.75. The zero-order valence-electron chi connectivity index (χ0n) is 9.53. The zero-order valence-corrected chi connectivity index (χ0v) is 10.3. The Morgan fingerprint density at radius 3 is 2.71 bits per heavy atom.